The van der Waals surface area contributed by atoms with Crippen molar-refractivity contribution in [3.8, 4) is 17.2 Å². The van der Waals surface area contributed by atoms with Gasteiger partial charge in [0.15, 0.2) is 23.9 Å². The van der Waals surface area contributed by atoms with Crippen LogP contribution in [0.1, 0.15) is 52.2 Å². The van der Waals surface area contributed by atoms with Crippen LogP contribution in [0, 0.1) is 15.5 Å². The second-order valence-corrected chi connectivity index (χ2v) is 10.3. The molecule has 1 aliphatic heterocycles. The van der Waals surface area contributed by atoms with Crippen molar-refractivity contribution in [2.24, 2.45) is 10.5 Å². The Labute approximate surface area is 203 Å². The number of carbonyl (C=O) groups is 1. The molecule has 0 aromatic heterocycles. The normalized spacial score (nSPS) is 13.2. The van der Waals surface area contributed by atoms with Crippen molar-refractivity contribution in [1.29, 1.82) is 0 Å². The first-order valence-corrected chi connectivity index (χ1v) is 11.1. The van der Waals surface area contributed by atoms with E-state index in [2.05, 4.69) is 45.1 Å². The number of nitro groups is 1. The zero-order chi connectivity index (χ0) is 25.1. The van der Waals surface area contributed by atoms with Crippen molar-refractivity contribution in [1.82, 2.24) is 5.43 Å². The molecular formula is C24H28ClN3O6. The van der Waals surface area contributed by atoms with Crippen molar-refractivity contribution < 1.29 is 23.9 Å². The van der Waals surface area contributed by atoms with E-state index in [-0.39, 0.29) is 29.1 Å². The molecule has 0 saturated carbocycles. The summed E-state index contributed by atoms with van der Waals surface area (Å²) in [6, 6.07) is 8.08. The maximum Gasteiger partial charge on any atom is 0.311 e. The van der Waals surface area contributed by atoms with Crippen molar-refractivity contribution in [2.45, 2.75) is 46.5 Å². The lowest BCUT2D eigenvalue weighted by molar-refractivity contribution is -0.385. The number of nitrogens with zero attached hydrogens (tertiary/aromatic N) is 2. The molecule has 0 fully saturated rings. The molecule has 1 heterocycles. The number of amides is 1. The first-order valence-electron chi connectivity index (χ1n) is 10.7. The lowest BCUT2D eigenvalue weighted by Crippen LogP contribution is -2.26. The van der Waals surface area contributed by atoms with E-state index in [1.807, 2.05) is 0 Å². The summed E-state index contributed by atoms with van der Waals surface area (Å²) in [6.07, 6.45) is 2.20. The Balaban J connectivity index is 1.64. The Morgan fingerprint density at radius 3 is 2.53 bits per heavy atom. The number of hydrogen-bond acceptors (Lipinski definition) is 7. The molecule has 2 aromatic carbocycles. The van der Waals surface area contributed by atoms with E-state index in [1.165, 1.54) is 18.3 Å². The standard InChI is InChI=1S/C24H28ClN3O6/c1-23(2,3)13-24(4,5)16-6-7-19(18(9-16)28(30)31)32-12-22(29)27-26-11-15-8-20-21(10-17(15)25)34-14-33-20/h6-11H,12-14H2,1-5H3,(H,27,29)/b26-11+. The van der Waals surface area contributed by atoms with Crippen molar-refractivity contribution in [3.05, 3.63) is 56.6 Å². The number of hydrazone groups is 1. The predicted octanol–water partition coefficient (Wildman–Crippen LogP) is 5.22. The minimum absolute atomic E-state index is 0.0123. The third-order valence-electron chi connectivity index (χ3n) is 5.15. The average molecular weight is 490 g/mol. The lowest BCUT2D eigenvalue weighted by Gasteiger charge is -2.33. The van der Waals surface area contributed by atoms with Crippen LogP contribution >= 0.6 is 11.6 Å². The van der Waals surface area contributed by atoms with Gasteiger partial charge in [-0.05, 0) is 34.9 Å². The van der Waals surface area contributed by atoms with Gasteiger partial charge in [0.1, 0.15) is 0 Å². The van der Waals surface area contributed by atoms with Crippen LogP contribution in [0.5, 0.6) is 17.2 Å². The summed E-state index contributed by atoms with van der Waals surface area (Å²) in [5.74, 6) is 0.494. The quantitative estimate of drug-likeness (QED) is 0.309. The molecule has 9 nitrogen and oxygen atoms in total. The largest absolute Gasteiger partial charge is 0.477 e. The van der Waals surface area contributed by atoms with Crippen molar-refractivity contribution >= 4 is 29.4 Å². The maximum absolute atomic E-state index is 12.1. The molecule has 0 aliphatic carbocycles. The number of nitrogens with one attached hydrogen (secondary N) is 1. The summed E-state index contributed by atoms with van der Waals surface area (Å²) in [7, 11) is 0. The number of nitro benzene ring substituents is 1. The predicted molar refractivity (Wildman–Crippen MR) is 129 cm³/mol. The number of carbonyl (C=O) groups excluding carboxylic acids is 1. The Kier molecular flexibility index (Phi) is 7.35. The number of halogens is 1. The van der Waals surface area contributed by atoms with Gasteiger partial charge in [-0.25, -0.2) is 5.43 Å². The minimum Gasteiger partial charge on any atom is -0.477 e. The molecule has 3 rings (SSSR count). The lowest BCUT2D eigenvalue weighted by atomic mass is 9.72. The maximum atomic E-state index is 12.1. The summed E-state index contributed by atoms with van der Waals surface area (Å²) in [4.78, 5) is 23.3. The number of hydrogen-bond donors (Lipinski definition) is 1. The number of rotatable bonds is 8. The molecule has 1 N–H and O–H groups in total. The van der Waals surface area contributed by atoms with E-state index < -0.39 is 17.4 Å². The van der Waals surface area contributed by atoms with E-state index in [0.717, 1.165) is 12.0 Å². The van der Waals surface area contributed by atoms with E-state index in [1.54, 1.807) is 18.2 Å². The molecular weight excluding hydrogens is 462 g/mol. The molecule has 182 valence electrons. The minimum atomic E-state index is -0.584. The summed E-state index contributed by atoms with van der Waals surface area (Å²) in [6.45, 7) is 10.2. The first-order chi connectivity index (χ1) is 15.9. The third-order valence-corrected chi connectivity index (χ3v) is 5.48. The average Bonchev–Trinajstić information content (AvgIpc) is 3.17. The van der Waals surface area contributed by atoms with E-state index in [0.29, 0.717) is 22.1 Å². The number of ether oxygens (including phenoxy) is 3. The second kappa shape index (κ2) is 9.89. The monoisotopic (exact) mass is 489 g/mol. The zero-order valence-electron chi connectivity index (χ0n) is 19.8. The van der Waals surface area contributed by atoms with Gasteiger partial charge in [0, 0.05) is 17.7 Å². The smallest absolute Gasteiger partial charge is 0.311 e. The molecule has 0 atom stereocenters. The Bertz CT molecular complexity index is 1120. The summed E-state index contributed by atoms with van der Waals surface area (Å²) in [5.41, 5.74) is 3.25. The highest BCUT2D eigenvalue weighted by molar-refractivity contribution is 6.33. The summed E-state index contributed by atoms with van der Waals surface area (Å²) >= 11 is 6.16. The van der Waals surface area contributed by atoms with Crippen LogP contribution in [-0.2, 0) is 10.2 Å². The fourth-order valence-electron chi connectivity index (χ4n) is 4.01. The summed E-state index contributed by atoms with van der Waals surface area (Å²) < 4.78 is 16.0. The van der Waals surface area contributed by atoms with Gasteiger partial charge in [-0.3, -0.25) is 14.9 Å². The molecule has 0 spiro atoms. The van der Waals surface area contributed by atoms with Gasteiger partial charge >= 0.3 is 5.69 Å². The highest BCUT2D eigenvalue weighted by Crippen LogP contribution is 2.39. The molecule has 10 heteroatoms. The molecule has 2 aromatic rings. The Hall–Kier alpha value is -3.33. The molecule has 34 heavy (non-hydrogen) atoms. The van der Waals surface area contributed by atoms with Gasteiger partial charge in [-0.2, -0.15) is 5.10 Å². The van der Waals surface area contributed by atoms with Gasteiger partial charge in [0.05, 0.1) is 16.2 Å². The van der Waals surface area contributed by atoms with Gasteiger partial charge in [0.25, 0.3) is 5.91 Å². The second-order valence-electron chi connectivity index (χ2n) is 9.87. The van der Waals surface area contributed by atoms with E-state index in [9.17, 15) is 14.9 Å². The number of fused-ring (bicyclic) bond motifs is 1. The van der Waals surface area contributed by atoms with Gasteiger partial charge in [-0.15, -0.1) is 0 Å². The third kappa shape index (κ3) is 6.38. The number of benzene rings is 2. The SMILES string of the molecule is CC(C)(C)CC(C)(C)c1ccc(OCC(=O)N/N=C/c2cc3c(cc2Cl)OCO3)c([N+](=O)[O-])c1. The van der Waals surface area contributed by atoms with Crippen LogP contribution in [0.2, 0.25) is 5.02 Å². The Morgan fingerprint density at radius 2 is 1.88 bits per heavy atom. The molecule has 1 aliphatic rings. The molecule has 0 bridgehead atoms. The van der Waals surface area contributed by atoms with E-state index >= 15 is 0 Å². The van der Waals surface area contributed by atoms with Crippen LogP contribution in [0.15, 0.2) is 35.4 Å². The van der Waals surface area contributed by atoms with Crippen LogP contribution in [-0.4, -0.2) is 30.4 Å². The fourth-order valence-corrected chi connectivity index (χ4v) is 4.21. The van der Waals surface area contributed by atoms with Gasteiger partial charge in [-0.1, -0.05) is 52.3 Å². The molecule has 0 saturated heterocycles. The van der Waals surface area contributed by atoms with Crippen LogP contribution in [0.4, 0.5) is 5.69 Å². The first kappa shape index (κ1) is 25.3. The van der Waals surface area contributed by atoms with Crippen LogP contribution < -0.4 is 19.6 Å². The van der Waals surface area contributed by atoms with Gasteiger partial charge < -0.3 is 14.2 Å². The van der Waals surface area contributed by atoms with Gasteiger partial charge in [0.2, 0.25) is 6.79 Å². The van der Waals surface area contributed by atoms with Crippen molar-refractivity contribution in [2.75, 3.05) is 13.4 Å². The summed E-state index contributed by atoms with van der Waals surface area (Å²) in [5, 5.41) is 15.9. The zero-order valence-corrected chi connectivity index (χ0v) is 20.6. The highest BCUT2D eigenvalue weighted by atomic mass is 35.5. The van der Waals surface area contributed by atoms with Crippen molar-refractivity contribution in [3.63, 3.8) is 0 Å². The Morgan fingerprint density at radius 1 is 1.21 bits per heavy atom. The highest BCUT2D eigenvalue weighted by Gasteiger charge is 2.30. The molecule has 1 amide bonds. The molecule has 0 radical (unpaired) electrons. The fraction of sp³-hybridized carbons (Fsp3) is 0.417. The molecule has 0 unspecified atom stereocenters. The van der Waals surface area contributed by atoms with E-state index in [4.69, 9.17) is 25.8 Å². The van der Waals surface area contributed by atoms with Crippen LogP contribution in [0.25, 0.3) is 0 Å². The topological polar surface area (TPSA) is 112 Å². The van der Waals surface area contributed by atoms with Crippen LogP contribution in [0.3, 0.4) is 0 Å².